The van der Waals surface area contributed by atoms with Crippen LogP contribution in [0.15, 0.2) is 24.3 Å². The molecular weight excluding hydrogens is 266 g/mol. The Morgan fingerprint density at radius 1 is 1.33 bits per heavy atom. The van der Waals surface area contributed by atoms with Crippen LogP contribution in [0.5, 0.6) is 5.75 Å². The summed E-state index contributed by atoms with van der Waals surface area (Å²) >= 11 is 0. The molecule has 1 N–H and O–H groups in total. The van der Waals surface area contributed by atoms with Crippen molar-refractivity contribution < 1.29 is 14.6 Å². The van der Waals surface area contributed by atoms with Crippen molar-refractivity contribution in [2.24, 2.45) is 11.8 Å². The second kappa shape index (κ2) is 6.94. The number of rotatable bonds is 5. The number of benzene rings is 1. The molecule has 0 radical (unpaired) electrons. The Bertz CT molecular complexity index is 467. The lowest BCUT2D eigenvalue weighted by molar-refractivity contribution is 0.0762. The Balaban J connectivity index is 1.94. The van der Waals surface area contributed by atoms with Crippen molar-refractivity contribution >= 4 is 5.91 Å². The fourth-order valence-corrected chi connectivity index (χ4v) is 2.50. The number of aliphatic hydroxyl groups is 1. The van der Waals surface area contributed by atoms with E-state index in [1.807, 2.05) is 29.2 Å². The Kier molecular flexibility index (Phi) is 5.23. The highest BCUT2D eigenvalue weighted by atomic mass is 16.5. The van der Waals surface area contributed by atoms with Crippen molar-refractivity contribution in [2.75, 3.05) is 19.7 Å². The molecule has 2 unspecified atom stereocenters. The smallest absolute Gasteiger partial charge is 0.253 e. The maximum absolute atomic E-state index is 12.4. The third-order valence-corrected chi connectivity index (χ3v) is 3.88. The molecule has 1 fully saturated rings. The number of hydrogen-bond donors (Lipinski definition) is 1. The zero-order chi connectivity index (χ0) is 15.4. The van der Waals surface area contributed by atoms with E-state index in [-0.39, 0.29) is 17.9 Å². The van der Waals surface area contributed by atoms with Gasteiger partial charge in [-0.1, -0.05) is 13.8 Å². The summed E-state index contributed by atoms with van der Waals surface area (Å²) < 4.78 is 5.62. The van der Waals surface area contributed by atoms with Crippen molar-refractivity contribution in [3.63, 3.8) is 0 Å². The number of carbonyl (C=O) groups excluding carboxylic acids is 1. The standard InChI is InChI=1S/C17H25NO3/c1-12(2)11-21-16-6-4-14(5-7-16)17(20)18-9-8-15(10-18)13(3)19/h4-7,12-13,15,19H,8-11H2,1-3H3. The van der Waals surface area contributed by atoms with E-state index in [0.29, 0.717) is 24.6 Å². The normalized spacial score (nSPS) is 19.9. The second-order valence-corrected chi connectivity index (χ2v) is 6.27. The lowest BCUT2D eigenvalue weighted by Crippen LogP contribution is -2.30. The SMILES string of the molecule is CC(C)COc1ccc(C(=O)N2CCC(C(C)O)C2)cc1. The first-order chi connectivity index (χ1) is 9.97. The predicted molar refractivity (Wildman–Crippen MR) is 82.5 cm³/mol. The first-order valence-corrected chi connectivity index (χ1v) is 7.67. The van der Waals surface area contributed by atoms with Crippen LogP contribution in [-0.2, 0) is 0 Å². The Morgan fingerprint density at radius 3 is 2.52 bits per heavy atom. The average Bonchev–Trinajstić information content (AvgIpc) is 2.95. The molecule has 4 nitrogen and oxygen atoms in total. The average molecular weight is 291 g/mol. The Labute approximate surface area is 126 Å². The van der Waals surface area contributed by atoms with E-state index in [9.17, 15) is 9.90 Å². The van der Waals surface area contributed by atoms with Gasteiger partial charge in [-0.25, -0.2) is 0 Å². The van der Waals surface area contributed by atoms with E-state index < -0.39 is 0 Å². The third-order valence-electron chi connectivity index (χ3n) is 3.88. The molecule has 1 aliphatic rings. The molecule has 1 heterocycles. The third kappa shape index (κ3) is 4.21. The fourth-order valence-electron chi connectivity index (χ4n) is 2.50. The highest BCUT2D eigenvalue weighted by Crippen LogP contribution is 2.22. The lowest BCUT2D eigenvalue weighted by atomic mass is 10.0. The largest absolute Gasteiger partial charge is 0.493 e. The first kappa shape index (κ1) is 15.8. The van der Waals surface area contributed by atoms with Crippen LogP contribution >= 0.6 is 0 Å². The Morgan fingerprint density at radius 2 is 2.00 bits per heavy atom. The van der Waals surface area contributed by atoms with Crippen molar-refractivity contribution in [1.29, 1.82) is 0 Å². The van der Waals surface area contributed by atoms with Gasteiger partial charge in [0.25, 0.3) is 5.91 Å². The van der Waals surface area contributed by atoms with Gasteiger partial charge in [-0.3, -0.25) is 4.79 Å². The topological polar surface area (TPSA) is 49.8 Å². The zero-order valence-electron chi connectivity index (χ0n) is 13.1. The van der Waals surface area contributed by atoms with Gasteiger partial charge in [0.15, 0.2) is 0 Å². The highest BCUT2D eigenvalue weighted by molar-refractivity contribution is 5.94. The molecule has 0 aromatic heterocycles. The summed E-state index contributed by atoms with van der Waals surface area (Å²) in [6.45, 7) is 8.03. The van der Waals surface area contributed by atoms with Crippen LogP contribution in [0.1, 0.15) is 37.6 Å². The van der Waals surface area contributed by atoms with Crippen LogP contribution < -0.4 is 4.74 Å². The van der Waals surface area contributed by atoms with Gasteiger partial charge in [0, 0.05) is 24.6 Å². The zero-order valence-corrected chi connectivity index (χ0v) is 13.1. The first-order valence-electron chi connectivity index (χ1n) is 7.67. The van der Waals surface area contributed by atoms with E-state index in [1.54, 1.807) is 6.92 Å². The maximum atomic E-state index is 12.4. The fraction of sp³-hybridized carbons (Fsp3) is 0.588. The molecule has 0 aliphatic carbocycles. The predicted octanol–water partition coefficient (Wildman–Crippen LogP) is 2.56. The summed E-state index contributed by atoms with van der Waals surface area (Å²) in [5.74, 6) is 1.51. The van der Waals surface area contributed by atoms with Crippen LogP contribution in [0.3, 0.4) is 0 Å². The van der Waals surface area contributed by atoms with Gasteiger partial charge in [-0.05, 0) is 43.5 Å². The molecule has 1 aromatic carbocycles. The summed E-state index contributed by atoms with van der Waals surface area (Å²) in [6, 6.07) is 7.32. The van der Waals surface area contributed by atoms with Crippen molar-refractivity contribution in [3.05, 3.63) is 29.8 Å². The molecule has 2 rings (SSSR count). The van der Waals surface area contributed by atoms with E-state index >= 15 is 0 Å². The van der Waals surface area contributed by atoms with Gasteiger partial charge >= 0.3 is 0 Å². The molecule has 0 spiro atoms. The molecule has 1 saturated heterocycles. The number of aliphatic hydroxyl groups excluding tert-OH is 1. The van der Waals surface area contributed by atoms with Gasteiger partial charge in [-0.2, -0.15) is 0 Å². The molecule has 0 bridgehead atoms. The number of amides is 1. The van der Waals surface area contributed by atoms with Crippen LogP contribution in [0.2, 0.25) is 0 Å². The number of likely N-dealkylation sites (tertiary alicyclic amines) is 1. The molecule has 4 heteroatoms. The highest BCUT2D eigenvalue weighted by Gasteiger charge is 2.29. The summed E-state index contributed by atoms with van der Waals surface area (Å²) in [5, 5.41) is 9.61. The maximum Gasteiger partial charge on any atom is 0.253 e. The number of ether oxygens (including phenoxy) is 1. The number of nitrogens with zero attached hydrogens (tertiary/aromatic N) is 1. The van der Waals surface area contributed by atoms with Crippen molar-refractivity contribution in [1.82, 2.24) is 4.90 Å². The van der Waals surface area contributed by atoms with Gasteiger partial charge < -0.3 is 14.7 Å². The number of hydrogen-bond acceptors (Lipinski definition) is 3. The van der Waals surface area contributed by atoms with Crippen LogP contribution in [0.25, 0.3) is 0 Å². The minimum absolute atomic E-state index is 0.0357. The summed E-state index contributed by atoms with van der Waals surface area (Å²) in [5.41, 5.74) is 0.679. The number of carbonyl (C=O) groups is 1. The van der Waals surface area contributed by atoms with E-state index in [4.69, 9.17) is 4.74 Å². The second-order valence-electron chi connectivity index (χ2n) is 6.27. The quantitative estimate of drug-likeness (QED) is 0.907. The Hall–Kier alpha value is -1.55. The van der Waals surface area contributed by atoms with Crippen LogP contribution in [0, 0.1) is 11.8 Å². The minimum Gasteiger partial charge on any atom is -0.493 e. The molecule has 116 valence electrons. The van der Waals surface area contributed by atoms with Gasteiger partial charge in [0.1, 0.15) is 5.75 Å². The van der Waals surface area contributed by atoms with Crippen LogP contribution in [-0.4, -0.2) is 41.7 Å². The summed E-state index contributed by atoms with van der Waals surface area (Å²) in [4.78, 5) is 14.2. The van der Waals surface area contributed by atoms with Gasteiger partial charge in [0.05, 0.1) is 12.7 Å². The van der Waals surface area contributed by atoms with Crippen molar-refractivity contribution in [2.45, 2.75) is 33.3 Å². The van der Waals surface area contributed by atoms with Gasteiger partial charge in [-0.15, -0.1) is 0 Å². The lowest BCUT2D eigenvalue weighted by Gasteiger charge is -2.18. The van der Waals surface area contributed by atoms with E-state index in [2.05, 4.69) is 13.8 Å². The molecule has 21 heavy (non-hydrogen) atoms. The summed E-state index contributed by atoms with van der Waals surface area (Å²) in [6.07, 6.45) is 0.522. The van der Waals surface area contributed by atoms with Crippen molar-refractivity contribution in [3.8, 4) is 5.75 Å². The molecule has 1 aromatic rings. The molecule has 0 saturated carbocycles. The molecular formula is C17H25NO3. The van der Waals surface area contributed by atoms with E-state index in [1.165, 1.54) is 0 Å². The van der Waals surface area contributed by atoms with E-state index in [0.717, 1.165) is 18.7 Å². The molecule has 1 aliphatic heterocycles. The molecule has 2 atom stereocenters. The van der Waals surface area contributed by atoms with Gasteiger partial charge in [0.2, 0.25) is 0 Å². The van der Waals surface area contributed by atoms with Crippen LogP contribution in [0.4, 0.5) is 0 Å². The monoisotopic (exact) mass is 291 g/mol. The minimum atomic E-state index is -0.352. The molecule has 1 amide bonds. The summed E-state index contributed by atoms with van der Waals surface area (Å²) in [7, 11) is 0.